The third-order valence-corrected chi connectivity index (χ3v) is 5.39. The number of anilines is 1. The summed E-state index contributed by atoms with van der Waals surface area (Å²) in [5, 5.41) is 0. The standard InChI is InChI=1S/C21H29N7O4/c1-30-11-12-32-20-25-18(22)17-19(26-20)28(21(29)24-17)14-15-4-5-16(23-13-15)3-2-6-27-7-9-31-10-8-27/h4-5,13H,2-3,6-12,14H2,1H3,(H,24,29)(H2,22,25,26). The summed E-state index contributed by atoms with van der Waals surface area (Å²) in [5.41, 5.74) is 8.39. The summed E-state index contributed by atoms with van der Waals surface area (Å²) in [5.74, 6) is 0.159. The van der Waals surface area contributed by atoms with Crippen LogP contribution < -0.4 is 16.2 Å². The summed E-state index contributed by atoms with van der Waals surface area (Å²) in [4.78, 5) is 30.7. The quantitative estimate of drug-likeness (QED) is 0.428. The highest BCUT2D eigenvalue weighted by Crippen LogP contribution is 2.18. The second kappa shape index (κ2) is 10.5. The summed E-state index contributed by atoms with van der Waals surface area (Å²) in [6.45, 7) is 5.67. The van der Waals surface area contributed by atoms with Gasteiger partial charge in [0.1, 0.15) is 12.1 Å². The van der Waals surface area contributed by atoms with Crippen LogP contribution in [0.2, 0.25) is 0 Å². The van der Waals surface area contributed by atoms with Crippen molar-refractivity contribution in [2.75, 3.05) is 58.9 Å². The van der Waals surface area contributed by atoms with Gasteiger partial charge in [-0.2, -0.15) is 9.97 Å². The number of ether oxygens (including phenoxy) is 3. The lowest BCUT2D eigenvalue weighted by Gasteiger charge is -2.26. The Bertz CT molecular complexity index is 1070. The van der Waals surface area contributed by atoms with Crippen molar-refractivity contribution in [1.29, 1.82) is 0 Å². The van der Waals surface area contributed by atoms with Crippen LogP contribution in [-0.4, -0.2) is 82.6 Å². The lowest BCUT2D eigenvalue weighted by molar-refractivity contribution is 0.0374. The number of aromatic nitrogens is 5. The highest BCUT2D eigenvalue weighted by Gasteiger charge is 2.15. The number of H-pyrrole nitrogens is 1. The first-order chi connectivity index (χ1) is 15.6. The Balaban J connectivity index is 1.42. The lowest BCUT2D eigenvalue weighted by atomic mass is 10.2. The number of morpholine rings is 1. The number of rotatable bonds is 10. The monoisotopic (exact) mass is 443 g/mol. The molecule has 1 aliphatic heterocycles. The van der Waals surface area contributed by atoms with Gasteiger partial charge in [0.15, 0.2) is 11.5 Å². The van der Waals surface area contributed by atoms with E-state index in [2.05, 4.69) is 24.8 Å². The molecular weight excluding hydrogens is 414 g/mol. The minimum atomic E-state index is -0.315. The molecule has 0 spiro atoms. The highest BCUT2D eigenvalue weighted by molar-refractivity contribution is 5.81. The van der Waals surface area contributed by atoms with Crippen molar-refractivity contribution in [3.05, 3.63) is 40.1 Å². The maximum Gasteiger partial charge on any atom is 0.328 e. The minimum absolute atomic E-state index is 0.105. The molecule has 0 aromatic carbocycles. The molecule has 0 atom stereocenters. The van der Waals surface area contributed by atoms with E-state index in [0.717, 1.165) is 56.9 Å². The van der Waals surface area contributed by atoms with Crippen LogP contribution in [0.1, 0.15) is 17.7 Å². The van der Waals surface area contributed by atoms with E-state index in [-0.39, 0.29) is 24.1 Å². The van der Waals surface area contributed by atoms with E-state index in [4.69, 9.17) is 19.9 Å². The van der Waals surface area contributed by atoms with Crippen LogP contribution >= 0.6 is 0 Å². The van der Waals surface area contributed by atoms with Gasteiger partial charge in [0.05, 0.1) is 26.4 Å². The first-order valence-electron chi connectivity index (χ1n) is 10.8. The van der Waals surface area contributed by atoms with Crippen molar-refractivity contribution in [3.63, 3.8) is 0 Å². The molecular formula is C21H29N7O4. The molecule has 4 heterocycles. The highest BCUT2D eigenvalue weighted by atomic mass is 16.5. The van der Waals surface area contributed by atoms with Gasteiger partial charge in [0.2, 0.25) is 0 Å². The van der Waals surface area contributed by atoms with E-state index < -0.39 is 0 Å². The number of hydrogen-bond donors (Lipinski definition) is 2. The smallest absolute Gasteiger partial charge is 0.328 e. The number of aryl methyl sites for hydroxylation is 1. The molecule has 0 bridgehead atoms. The number of hydrogen-bond acceptors (Lipinski definition) is 9. The maximum atomic E-state index is 12.5. The number of nitrogen functional groups attached to an aromatic ring is 1. The molecule has 3 aromatic heterocycles. The number of imidazole rings is 1. The van der Waals surface area contributed by atoms with E-state index in [1.54, 1.807) is 13.3 Å². The second-order valence-electron chi connectivity index (χ2n) is 7.66. The summed E-state index contributed by atoms with van der Waals surface area (Å²) < 4.78 is 17.3. The van der Waals surface area contributed by atoms with Gasteiger partial charge in [0.25, 0.3) is 0 Å². The predicted molar refractivity (Wildman–Crippen MR) is 119 cm³/mol. The van der Waals surface area contributed by atoms with E-state index in [1.807, 2.05) is 12.1 Å². The third-order valence-electron chi connectivity index (χ3n) is 5.39. The molecule has 11 nitrogen and oxygen atoms in total. The fraction of sp³-hybridized carbons (Fsp3) is 0.524. The number of fused-ring (bicyclic) bond motifs is 1. The van der Waals surface area contributed by atoms with Crippen molar-refractivity contribution in [1.82, 2.24) is 29.4 Å². The summed E-state index contributed by atoms with van der Waals surface area (Å²) in [6, 6.07) is 4.11. The molecule has 3 N–H and O–H groups in total. The summed E-state index contributed by atoms with van der Waals surface area (Å²) >= 11 is 0. The Labute approximate surface area is 185 Å². The largest absolute Gasteiger partial charge is 0.461 e. The number of methoxy groups -OCH3 is 1. The first-order valence-corrected chi connectivity index (χ1v) is 10.8. The molecule has 0 radical (unpaired) electrons. The van der Waals surface area contributed by atoms with E-state index >= 15 is 0 Å². The van der Waals surface area contributed by atoms with Gasteiger partial charge in [0, 0.05) is 32.1 Å². The van der Waals surface area contributed by atoms with Crippen LogP contribution in [-0.2, 0) is 22.4 Å². The normalized spacial score (nSPS) is 14.8. The molecule has 11 heteroatoms. The average Bonchev–Trinajstić information content (AvgIpc) is 3.12. The number of aromatic amines is 1. The van der Waals surface area contributed by atoms with E-state index in [9.17, 15) is 4.79 Å². The molecule has 0 saturated carbocycles. The SMILES string of the molecule is COCCOc1nc(N)c2[nH]c(=O)n(Cc3ccc(CCCN4CCOCC4)nc3)c2n1. The van der Waals surface area contributed by atoms with Gasteiger partial charge in [-0.1, -0.05) is 6.07 Å². The van der Waals surface area contributed by atoms with Gasteiger partial charge in [-0.25, -0.2) is 4.79 Å². The van der Waals surface area contributed by atoms with Gasteiger partial charge < -0.3 is 24.9 Å². The first kappa shape index (κ1) is 22.2. The van der Waals surface area contributed by atoms with Gasteiger partial charge >= 0.3 is 11.7 Å². The Morgan fingerprint density at radius 3 is 2.81 bits per heavy atom. The summed E-state index contributed by atoms with van der Waals surface area (Å²) in [7, 11) is 1.58. The third kappa shape index (κ3) is 5.42. The van der Waals surface area contributed by atoms with E-state index in [0.29, 0.717) is 24.3 Å². The zero-order valence-electron chi connectivity index (χ0n) is 18.2. The predicted octanol–water partition coefficient (Wildman–Crippen LogP) is 0.435. The molecule has 1 aliphatic rings. The lowest BCUT2D eigenvalue weighted by Crippen LogP contribution is -2.36. The average molecular weight is 444 g/mol. The van der Waals surface area contributed by atoms with Gasteiger partial charge in [-0.15, -0.1) is 0 Å². The van der Waals surface area contributed by atoms with Crippen molar-refractivity contribution >= 4 is 17.0 Å². The van der Waals surface area contributed by atoms with Crippen LogP contribution in [0.15, 0.2) is 23.1 Å². The van der Waals surface area contributed by atoms with Crippen LogP contribution in [0.4, 0.5) is 5.82 Å². The van der Waals surface area contributed by atoms with Crippen molar-refractivity contribution in [3.8, 4) is 6.01 Å². The molecule has 0 amide bonds. The Morgan fingerprint density at radius 2 is 2.06 bits per heavy atom. The molecule has 0 aliphatic carbocycles. The van der Waals surface area contributed by atoms with Crippen molar-refractivity contribution in [2.45, 2.75) is 19.4 Å². The number of nitrogens with one attached hydrogen (secondary N) is 1. The van der Waals surface area contributed by atoms with Crippen LogP contribution in [0.5, 0.6) is 6.01 Å². The van der Waals surface area contributed by atoms with Crippen molar-refractivity contribution < 1.29 is 14.2 Å². The second-order valence-corrected chi connectivity index (χ2v) is 7.66. The van der Waals surface area contributed by atoms with Crippen molar-refractivity contribution in [2.24, 2.45) is 0 Å². The molecule has 1 fully saturated rings. The van der Waals surface area contributed by atoms with Gasteiger partial charge in [-0.05, 0) is 31.0 Å². The fourth-order valence-electron chi connectivity index (χ4n) is 3.65. The Hall–Kier alpha value is -3.02. The molecule has 172 valence electrons. The van der Waals surface area contributed by atoms with Gasteiger partial charge in [-0.3, -0.25) is 14.5 Å². The zero-order chi connectivity index (χ0) is 22.3. The Morgan fingerprint density at radius 1 is 1.22 bits per heavy atom. The van der Waals surface area contributed by atoms with Crippen LogP contribution in [0, 0.1) is 0 Å². The number of nitrogens with zero attached hydrogens (tertiary/aromatic N) is 5. The number of nitrogens with two attached hydrogens (primary N) is 1. The topological polar surface area (TPSA) is 133 Å². The Kier molecular flexibility index (Phi) is 7.30. The molecule has 4 rings (SSSR count). The number of pyridine rings is 1. The molecule has 3 aromatic rings. The molecule has 0 unspecified atom stereocenters. The minimum Gasteiger partial charge on any atom is -0.461 e. The zero-order valence-corrected chi connectivity index (χ0v) is 18.2. The fourth-order valence-corrected chi connectivity index (χ4v) is 3.65. The molecule has 1 saturated heterocycles. The van der Waals surface area contributed by atoms with E-state index in [1.165, 1.54) is 4.57 Å². The molecule has 32 heavy (non-hydrogen) atoms. The maximum absolute atomic E-state index is 12.5. The summed E-state index contributed by atoms with van der Waals surface area (Å²) in [6.07, 6.45) is 3.77. The van der Waals surface area contributed by atoms with Crippen LogP contribution in [0.3, 0.4) is 0 Å². The van der Waals surface area contributed by atoms with Crippen LogP contribution in [0.25, 0.3) is 11.2 Å².